The molecule has 1 aliphatic heterocycles. The number of fused-ring (bicyclic) bond motifs is 1. The third kappa shape index (κ3) is 3.23. The zero-order chi connectivity index (χ0) is 20.1. The molecule has 0 N–H and O–H groups in total. The van der Waals surface area contributed by atoms with Crippen molar-refractivity contribution in [3.05, 3.63) is 41.0 Å². The highest BCUT2D eigenvalue weighted by Gasteiger charge is 2.37. The molecule has 0 saturated carbocycles. The van der Waals surface area contributed by atoms with E-state index in [1.165, 1.54) is 6.92 Å². The van der Waals surface area contributed by atoms with Crippen LogP contribution < -0.4 is 0 Å². The Balaban J connectivity index is 1.56. The number of aromatic nitrogens is 4. The molecule has 10 heteroatoms. The van der Waals surface area contributed by atoms with E-state index in [1.807, 2.05) is 0 Å². The second-order valence-electron chi connectivity index (χ2n) is 6.98. The topological polar surface area (TPSA) is 77.0 Å². The van der Waals surface area contributed by atoms with Crippen LogP contribution in [-0.4, -0.2) is 43.8 Å². The van der Waals surface area contributed by atoms with Crippen molar-refractivity contribution in [1.29, 1.82) is 0 Å². The van der Waals surface area contributed by atoms with Crippen molar-refractivity contribution in [2.75, 3.05) is 13.1 Å². The van der Waals surface area contributed by atoms with Crippen LogP contribution >= 0.6 is 0 Å². The number of carbonyl (C=O) groups excluding carboxylic acids is 1. The molecular weight excluding hydrogens is 375 g/mol. The summed E-state index contributed by atoms with van der Waals surface area (Å²) >= 11 is 0. The maximum atomic E-state index is 13.5. The maximum Gasteiger partial charge on any atom is 0.417 e. The van der Waals surface area contributed by atoms with Gasteiger partial charge in [0.1, 0.15) is 5.69 Å². The first-order chi connectivity index (χ1) is 13.2. The standard InChI is InChI=1S/C18H18F3N5O2/c1-10-15-12(18(19,20)21)9-14(22-16(15)28-24-10)11-3-7-26(8-4-11)17(27)13-5-6-25(2)23-13/h5-6,9,11H,3-4,7-8H2,1-2H3. The van der Waals surface area contributed by atoms with Gasteiger partial charge in [0, 0.05) is 37.9 Å². The van der Waals surface area contributed by atoms with Crippen LogP contribution in [0.2, 0.25) is 0 Å². The van der Waals surface area contributed by atoms with E-state index in [1.54, 1.807) is 28.9 Å². The Morgan fingerprint density at radius 2 is 2.00 bits per heavy atom. The Labute approximate surface area is 158 Å². The first-order valence-corrected chi connectivity index (χ1v) is 8.87. The monoisotopic (exact) mass is 393 g/mol. The normalized spacial score (nSPS) is 16.1. The molecule has 4 heterocycles. The van der Waals surface area contributed by atoms with Gasteiger partial charge in [-0.25, -0.2) is 4.98 Å². The highest BCUT2D eigenvalue weighted by molar-refractivity contribution is 5.92. The van der Waals surface area contributed by atoms with Gasteiger partial charge in [-0.3, -0.25) is 9.48 Å². The van der Waals surface area contributed by atoms with Crippen molar-refractivity contribution in [1.82, 2.24) is 24.8 Å². The summed E-state index contributed by atoms with van der Waals surface area (Å²) in [5, 5.41) is 7.64. The summed E-state index contributed by atoms with van der Waals surface area (Å²) in [6.45, 7) is 2.32. The molecule has 0 atom stereocenters. The molecule has 3 aromatic rings. The zero-order valence-corrected chi connectivity index (χ0v) is 15.3. The fraction of sp³-hybridized carbons (Fsp3) is 0.444. The number of halogens is 3. The van der Waals surface area contributed by atoms with Crippen LogP contribution in [0.25, 0.3) is 11.1 Å². The molecule has 0 aromatic carbocycles. The molecule has 1 saturated heterocycles. The second kappa shape index (κ2) is 6.61. The molecule has 1 amide bonds. The Morgan fingerprint density at radius 3 is 2.61 bits per heavy atom. The molecule has 3 aromatic heterocycles. The fourth-order valence-corrected chi connectivity index (χ4v) is 3.62. The van der Waals surface area contributed by atoms with Gasteiger partial charge in [-0.15, -0.1) is 0 Å². The summed E-state index contributed by atoms with van der Waals surface area (Å²) < 4.78 is 47.1. The Bertz CT molecular complexity index is 1030. The minimum atomic E-state index is -4.53. The Hall–Kier alpha value is -2.91. The molecule has 0 bridgehead atoms. The summed E-state index contributed by atoms with van der Waals surface area (Å²) in [6.07, 6.45) is -1.80. The summed E-state index contributed by atoms with van der Waals surface area (Å²) in [5.41, 5.74) is -0.0393. The van der Waals surface area contributed by atoms with Crippen molar-refractivity contribution in [2.24, 2.45) is 7.05 Å². The molecule has 0 aliphatic carbocycles. The van der Waals surface area contributed by atoms with E-state index in [0.29, 0.717) is 37.3 Å². The molecule has 1 fully saturated rings. The number of hydrogen-bond donors (Lipinski definition) is 0. The van der Waals surface area contributed by atoms with Crippen molar-refractivity contribution < 1.29 is 22.5 Å². The van der Waals surface area contributed by atoms with E-state index in [0.717, 1.165) is 6.07 Å². The van der Waals surface area contributed by atoms with Gasteiger partial charge in [0.15, 0.2) is 0 Å². The van der Waals surface area contributed by atoms with Gasteiger partial charge in [0.05, 0.1) is 16.6 Å². The van der Waals surface area contributed by atoms with E-state index in [2.05, 4.69) is 15.2 Å². The van der Waals surface area contributed by atoms with Crippen LogP contribution in [0, 0.1) is 6.92 Å². The van der Waals surface area contributed by atoms with Crippen molar-refractivity contribution >= 4 is 17.0 Å². The van der Waals surface area contributed by atoms with E-state index >= 15 is 0 Å². The average Bonchev–Trinajstić information content (AvgIpc) is 3.26. The lowest BCUT2D eigenvalue weighted by atomic mass is 9.91. The highest BCUT2D eigenvalue weighted by Crippen LogP contribution is 2.38. The number of likely N-dealkylation sites (tertiary alicyclic amines) is 1. The van der Waals surface area contributed by atoms with Crippen LogP contribution in [-0.2, 0) is 13.2 Å². The lowest BCUT2D eigenvalue weighted by molar-refractivity contribution is -0.136. The van der Waals surface area contributed by atoms with Gasteiger partial charge in [0.2, 0.25) is 0 Å². The van der Waals surface area contributed by atoms with Crippen LogP contribution in [0.15, 0.2) is 22.9 Å². The van der Waals surface area contributed by atoms with E-state index in [9.17, 15) is 18.0 Å². The minimum absolute atomic E-state index is 0.0981. The molecular formula is C18H18F3N5O2. The van der Waals surface area contributed by atoms with Gasteiger partial charge >= 0.3 is 6.18 Å². The lowest BCUT2D eigenvalue weighted by Crippen LogP contribution is -2.38. The molecule has 1 aliphatic rings. The number of hydrogen-bond acceptors (Lipinski definition) is 5. The molecule has 148 valence electrons. The van der Waals surface area contributed by atoms with Crippen molar-refractivity contribution in [2.45, 2.75) is 31.9 Å². The predicted molar refractivity (Wildman–Crippen MR) is 92.6 cm³/mol. The summed E-state index contributed by atoms with van der Waals surface area (Å²) in [7, 11) is 1.73. The quantitative estimate of drug-likeness (QED) is 0.668. The van der Waals surface area contributed by atoms with Gasteiger partial charge in [0.25, 0.3) is 11.6 Å². The number of rotatable bonds is 2. The Kier molecular flexibility index (Phi) is 4.35. The number of nitrogens with zero attached hydrogens (tertiary/aromatic N) is 5. The second-order valence-corrected chi connectivity index (χ2v) is 6.98. The number of pyridine rings is 1. The number of carbonyl (C=O) groups is 1. The predicted octanol–water partition coefficient (Wildman–Crippen LogP) is 3.30. The highest BCUT2D eigenvalue weighted by atomic mass is 19.4. The van der Waals surface area contributed by atoms with Crippen LogP contribution in [0.3, 0.4) is 0 Å². The number of piperidine rings is 1. The maximum absolute atomic E-state index is 13.5. The molecule has 0 spiro atoms. The smallest absolute Gasteiger partial charge is 0.337 e. The van der Waals surface area contributed by atoms with Gasteiger partial charge in [-0.2, -0.15) is 18.3 Å². The van der Waals surface area contributed by atoms with Gasteiger partial charge in [-0.1, -0.05) is 5.16 Å². The van der Waals surface area contributed by atoms with Gasteiger partial charge < -0.3 is 9.42 Å². The third-order valence-electron chi connectivity index (χ3n) is 5.08. The first-order valence-electron chi connectivity index (χ1n) is 8.87. The van der Waals surface area contributed by atoms with E-state index in [4.69, 9.17) is 4.52 Å². The number of aryl methyl sites for hydroxylation is 2. The summed E-state index contributed by atoms with van der Waals surface area (Å²) in [4.78, 5) is 18.4. The minimum Gasteiger partial charge on any atom is -0.337 e. The summed E-state index contributed by atoms with van der Waals surface area (Å²) in [5.74, 6) is -0.368. The number of alkyl halides is 3. The molecule has 0 unspecified atom stereocenters. The van der Waals surface area contributed by atoms with Crippen molar-refractivity contribution in [3.8, 4) is 0 Å². The lowest BCUT2D eigenvalue weighted by Gasteiger charge is -2.31. The van der Waals surface area contributed by atoms with E-state index < -0.39 is 11.7 Å². The number of amides is 1. The first kappa shape index (κ1) is 18.5. The molecule has 7 nitrogen and oxygen atoms in total. The fourth-order valence-electron chi connectivity index (χ4n) is 3.62. The Morgan fingerprint density at radius 1 is 1.29 bits per heavy atom. The third-order valence-corrected chi connectivity index (χ3v) is 5.08. The van der Waals surface area contributed by atoms with Crippen LogP contribution in [0.1, 0.15) is 46.2 Å². The van der Waals surface area contributed by atoms with E-state index in [-0.39, 0.29) is 28.6 Å². The van der Waals surface area contributed by atoms with Crippen molar-refractivity contribution in [3.63, 3.8) is 0 Å². The molecule has 0 radical (unpaired) electrons. The van der Waals surface area contributed by atoms with Crippen LogP contribution in [0.4, 0.5) is 13.2 Å². The average molecular weight is 393 g/mol. The SMILES string of the molecule is Cc1noc2nc(C3CCN(C(=O)c4ccn(C)n4)CC3)cc(C(F)(F)F)c12. The summed E-state index contributed by atoms with van der Waals surface area (Å²) in [6, 6.07) is 2.74. The molecule has 28 heavy (non-hydrogen) atoms. The zero-order valence-electron chi connectivity index (χ0n) is 15.3. The van der Waals surface area contributed by atoms with Gasteiger partial charge in [-0.05, 0) is 31.9 Å². The largest absolute Gasteiger partial charge is 0.417 e. The van der Waals surface area contributed by atoms with Crippen LogP contribution in [0.5, 0.6) is 0 Å². The molecule has 4 rings (SSSR count).